The molecule has 1 aliphatic rings. The van der Waals surface area contributed by atoms with Crippen molar-refractivity contribution in [2.24, 2.45) is 0 Å². The summed E-state index contributed by atoms with van der Waals surface area (Å²) < 4.78 is 0. The summed E-state index contributed by atoms with van der Waals surface area (Å²) in [4.78, 5) is 37.6. The zero-order valence-electron chi connectivity index (χ0n) is 13.5. The van der Waals surface area contributed by atoms with E-state index >= 15 is 0 Å². The molecule has 0 radical (unpaired) electrons. The summed E-state index contributed by atoms with van der Waals surface area (Å²) in [6, 6.07) is 4.10. The summed E-state index contributed by atoms with van der Waals surface area (Å²) in [5, 5.41) is 5.95. The maximum Gasteiger partial charge on any atom is 0.325 e. The fourth-order valence-corrected chi connectivity index (χ4v) is 2.75. The Morgan fingerprint density at radius 3 is 2.62 bits per heavy atom. The number of amides is 4. The Labute approximate surface area is 150 Å². The molecule has 4 amide bonds. The lowest BCUT2D eigenvalue weighted by atomic mass is 9.92. The zero-order chi connectivity index (χ0) is 17.9. The molecule has 0 aromatic heterocycles. The zero-order valence-corrected chi connectivity index (χ0v) is 15.0. The highest BCUT2D eigenvalue weighted by molar-refractivity contribution is 6.42. The van der Waals surface area contributed by atoms with Gasteiger partial charge in [0.15, 0.2) is 0 Å². The number of carbonyl (C=O) groups excluding carboxylic acids is 3. The second-order valence-corrected chi connectivity index (χ2v) is 6.59. The molecule has 1 saturated heterocycles. The fourth-order valence-electron chi connectivity index (χ4n) is 2.45. The fraction of sp³-hybridized carbons (Fsp3) is 0.438. The predicted octanol–water partition coefficient (Wildman–Crippen LogP) is 2.68. The first-order valence-electron chi connectivity index (χ1n) is 7.66. The van der Waals surface area contributed by atoms with Gasteiger partial charge >= 0.3 is 6.03 Å². The molecule has 1 aliphatic heterocycles. The number of halogens is 2. The maximum atomic E-state index is 12.7. The normalized spacial score (nSPS) is 20.2. The summed E-state index contributed by atoms with van der Waals surface area (Å²) in [5.41, 5.74) is -0.779. The molecule has 1 aromatic carbocycles. The predicted molar refractivity (Wildman–Crippen MR) is 92.0 cm³/mol. The Bertz CT molecular complexity index is 681. The van der Waals surface area contributed by atoms with Crippen molar-refractivity contribution in [1.29, 1.82) is 0 Å². The first-order chi connectivity index (χ1) is 11.3. The van der Waals surface area contributed by atoms with Gasteiger partial charge in [-0.25, -0.2) is 4.79 Å². The molecule has 0 spiro atoms. The number of nitrogens with zero attached hydrogens (tertiary/aromatic N) is 1. The molecule has 8 heteroatoms. The van der Waals surface area contributed by atoms with Crippen molar-refractivity contribution in [3.05, 3.63) is 33.8 Å². The van der Waals surface area contributed by atoms with Gasteiger partial charge in [0.1, 0.15) is 12.1 Å². The van der Waals surface area contributed by atoms with E-state index in [0.717, 1.165) is 17.7 Å². The SMILES string of the molecule is CCCCNC(=O)CN1C(=O)NC(C)(c2ccc(Cl)c(Cl)c2)C1=O. The molecule has 1 atom stereocenters. The monoisotopic (exact) mass is 371 g/mol. The molecule has 0 saturated carbocycles. The third kappa shape index (κ3) is 3.65. The Hall–Kier alpha value is -1.79. The third-order valence-corrected chi connectivity index (χ3v) is 4.67. The number of hydrogen-bond acceptors (Lipinski definition) is 3. The Balaban J connectivity index is 2.15. The van der Waals surface area contributed by atoms with Crippen molar-refractivity contribution >= 4 is 41.0 Å². The minimum absolute atomic E-state index is 0.285. The molecule has 1 unspecified atom stereocenters. The highest BCUT2D eigenvalue weighted by atomic mass is 35.5. The average molecular weight is 372 g/mol. The van der Waals surface area contributed by atoms with E-state index in [1.165, 1.54) is 6.07 Å². The molecule has 24 heavy (non-hydrogen) atoms. The van der Waals surface area contributed by atoms with E-state index in [2.05, 4.69) is 10.6 Å². The Morgan fingerprint density at radius 2 is 2.00 bits per heavy atom. The highest BCUT2D eigenvalue weighted by Gasteiger charge is 2.49. The number of unbranched alkanes of at least 4 members (excludes halogenated alkanes) is 1. The van der Waals surface area contributed by atoms with E-state index in [4.69, 9.17) is 23.2 Å². The number of rotatable bonds is 6. The van der Waals surface area contributed by atoms with Gasteiger partial charge in [-0.3, -0.25) is 14.5 Å². The van der Waals surface area contributed by atoms with Gasteiger partial charge in [-0.2, -0.15) is 0 Å². The van der Waals surface area contributed by atoms with Crippen molar-refractivity contribution in [3.8, 4) is 0 Å². The van der Waals surface area contributed by atoms with Crippen LogP contribution in [-0.4, -0.2) is 35.8 Å². The first kappa shape index (κ1) is 18.5. The largest absolute Gasteiger partial charge is 0.355 e. The first-order valence-corrected chi connectivity index (χ1v) is 8.41. The van der Waals surface area contributed by atoms with Crippen LogP contribution in [-0.2, 0) is 15.1 Å². The van der Waals surface area contributed by atoms with E-state index < -0.39 is 17.5 Å². The van der Waals surface area contributed by atoms with E-state index in [0.29, 0.717) is 17.1 Å². The van der Waals surface area contributed by atoms with E-state index in [-0.39, 0.29) is 17.5 Å². The van der Waals surface area contributed by atoms with Crippen LogP contribution in [0.1, 0.15) is 32.3 Å². The van der Waals surface area contributed by atoms with Gasteiger partial charge in [-0.1, -0.05) is 42.6 Å². The quantitative estimate of drug-likeness (QED) is 0.595. The molecule has 1 heterocycles. The van der Waals surface area contributed by atoms with E-state index in [1.807, 2.05) is 6.92 Å². The molecular weight excluding hydrogens is 353 g/mol. The molecule has 6 nitrogen and oxygen atoms in total. The van der Waals surface area contributed by atoms with Crippen LogP contribution in [0.2, 0.25) is 10.0 Å². The second-order valence-electron chi connectivity index (χ2n) is 5.78. The summed E-state index contributed by atoms with van der Waals surface area (Å²) in [7, 11) is 0. The third-order valence-electron chi connectivity index (χ3n) is 3.93. The van der Waals surface area contributed by atoms with Gasteiger partial charge in [-0.15, -0.1) is 0 Å². The topological polar surface area (TPSA) is 78.5 Å². The smallest absolute Gasteiger partial charge is 0.325 e. The van der Waals surface area contributed by atoms with Crippen molar-refractivity contribution in [2.45, 2.75) is 32.2 Å². The number of urea groups is 1. The van der Waals surface area contributed by atoms with Gasteiger partial charge in [0, 0.05) is 6.54 Å². The number of nitrogens with one attached hydrogen (secondary N) is 2. The average Bonchev–Trinajstić information content (AvgIpc) is 2.74. The lowest BCUT2D eigenvalue weighted by Crippen LogP contribution is -2.43. The van der Waals surface area contributed by atoms with Gasteiger partial charge < -0.3 is 10.6 Å². The highest BCUT2D eigenvalue weighted by Crippen LogP contribution is 2.32. The van der Waals surface area contributed by atoms with Gasteiger partial charge in [0.25, 0.3) is 5.91 Å². The summed E-state index contributed by atoms with van der Waals surface area (Å²) in [6.45, 7) is 3.78. The molecule has 0 aliphatic carbocycles. The summed E-state index contributed by atoms with van der Waals surface area (Å²) in [5.74, 6) is -0.873. The molecule has 1 aromatic rings. The van der Waals surface area contributed by atoms with E-state index in [9.17, 15) is 14.4 Å². The minimum Gasteiger partial charge on any atom is -0.355 e. The lowest BCUT2D eigenvalue weighted by Gasteiger charge is -2.22. The minimum atomic E-state index is -1.28. The molecule has 1 fully saturated rings. The van der Waals surface area contributed by atoms with Gasteiger partial charge in [0.05, 0.1) is 10.0 Å². The molecule has 2 N–H and O–H groups in total. The van der Waals surface area contributed by atoms with Gasteiger partial charge in [0.2, 0.25) is 5.91 Å². The maximum absolute atomic E-state index is 12.7. The number of benzene rings is 1. The van der Waals surface area contributed by atoms with Crippen molar-refractivity contribution in [2.75, 3.05) is 13.1 Å². The lowest BCUT2D eigenvalue weighted by molar-refractivity contribution is -0.134. The number of imide groups is 1. The van der Waals surface area contributed by atoms with E-state index in [1.54, 1.807) is 19.1 Å². The van der Waals surface area contributed by atoms with Crippen molar-refractivity contribution in [3.63, 3.8) is 0 Å². The van der Waals surface area contributed by atoms with Crippen LogP contribution in [0.3, 0.4) is 0 Å². The second kappa shape index (κ2) is 7.40. The van der Waals surface area contributed by atoms with Crippen molar-refractivity contribution in [1.82, 2.24) is 15.5 Å². The van der Waals surface area contributed by atoms with Crippen molar-refractivity contribution < 1.29 is 14.4 Å². The van der Waals surface area contributed by atoms with Gasteiger partial charge in [-0.05, 0) is 31.0 Å². The van der Waals surface area contributed by atoms with Crippen LogP contribution in [0.25, 0.3) is 0 Å². The Morgan fingerprint density at radius 1 is 1.29 bits per heavy atom. The van der Waals surface area contributed by atoms with Crippen LogP contribution < -0.4 is 10.6 Å². The summed E-state index contributed by atoms with van der Waals surface area (Å²) >= 11 is 11.9. The van der Waals surface area contributed by atoms with Crippen LogP contribution in [0, 0.1) is 0 Å². The molecule has 2 rings (SSSR count). The summed E-state index contributed by atoms with van der Waals surface area (Å²) in [6.07, 6.45) is 1.78. The van der Waals surface area contributed by atoms with Crippen LogP contribution in [0.5, 0.6) is 0 Å². The van der Waals surface area contributed by atoms with Crippen LogP contribution in [0.4, 0.5) is 4.79 Å². The number of carbonyl (C=O) groups is 3. The number of hydrogen-bond donors (Lipinski definition) is 2. The Kier molecular flexibility index (Phi) is 5.72. The van der Waals surface area contributed by atoms with Crippen LogP contribution >= 0.6 is 23.2 Å². The molecule has 0 bridgehead atoms. The standard InChI is InChI=1S/C16H19Cl2N3O3/c1-3-4-7-19-13(22)9-21-14(23)16(2,20-15(21)24)10-5-6-11(17)12(18)8-10/h5-6,8H,3-4,7,9H2,1-2H3,(H,19,22)(H,20,24). The molecule has 130 valence electrons. The molecular formula is C16H19Cl2N3O3. The van der Waals surface area contributed by atoms with Crippen LogP contribution in [0.15, 0.2) is 18.2 Å².